The summed E-state index contributed by atoms with van der Waals surface area (Å²) >= 11 is 1.83. The lowest BCUT2D eigenvalue weighted by atomic mass is 9.84. The zero-order valence-electron chi connectivity index (χ0n) is 11.5. The van der Waals surface area contributed by atoms with Crippen molar-refractivity contribution in [3.05, 3.63) is 29.6 Å². The number of amides is 1. The van der Waals surface area contributed by atoms with Gasteiger partial charge in [0.15, 0.2) is 0 Å². The van der Waals surface area contributed by atoms with Gasteiger partial charge in [0.05, 0.1) is 0 Å². The van der Waals surface area contributed by atoms with Gasteiger partial charge in [-0.25, -0.2) is 4.98 Å². The van der Waals surface area contributed by atoms with Crippen LogP contribution in [0.1, 0.15) is 35.3 Å². The number of pyridine rings is 1. The van der Waals surface area contributed by atoms with Crippen LogP contribution in [0.3, 0.4) is 0 Å². The first-order chi connectivity index (χ1) is 9.69. The molecule has 0 spiro atoms. The Bertz CT molecular complexity index is 522. The van der Waals surface area contributed by atoms with E-state index >= 15 is 0 Å². The molecule has 1 heterocycles. The zero-order chi connectivity index (χ0) is 14.4. The van der Waals surface area contributed by atoms with Crippen molar-refractivity contribution >= 4 is 17.7 Å². The average molecular weight is 290 g/mol. The Labute approximate surface area is 123 Å². The number of thioether (sulfide) groups is 1. The van der Waals surface area contributed by atoms with Gasteiger partial charge in [0.1, 0.15) is 12.3 Å². The van der Waals surface area contributed by atoms with Gasteiger partial charge in [-0.2, -0.15) is 11.8 Å². The highest BCUT2D eigenvalue weighted by Crippen LogP contribution is 2.42. The SMILES string of the molecule is CSC1(CNC(=O)c2ccc(C#CCO)cn2)CCC1. The quantitative estimate of drug-likeness (QED) is 0.824. The number of carbonyl (C=O) groups excluding carboxylic acids is 1. The third-order valence-electron chi connectivity index (χ3n) is 3.58. The molecule has 4 nitrogen and oxygen atoms in total. The van der Waals surface area contributed by atoms with Crippen LogP contribution in [0.25, 0.3) is 0 Å². The minimum absolute atomic E-state index is 0.146. The molecule has 0 bridgehead atoms. The molecule has 0 aromatic carbocycles. The maximum absolute atomic E-state index is 12.0. The van der Waals surface area contributed by atoms with Crippen LogP contribution in [-0.2, 0) is 0 Å². The van der Waals surface area contributed by atoms with E-state index in [4.69, 9.17) is 5.11 Å². The van der Waals surface area contributed by atoms with Gasteiger partial charge in [-0.3, -0.25) is 4.79 Å². The van der Waals surface area contributed by atoms with Crippen molar-refractivity contribution in [2.75, 3.05) is 19.4 Å². The second kappa shape index (κ2) is 6.78. The van der Waals surface area contributed by atoms with E-state index in [0.717, 1.165) is 12.8 Å². The van der Waals surface area contributed by atoms with Gasteiger partial charge in [0.25, 0.3) is 5.91 Å². The molecule has 1 saturated carbocycles. The lowest BCUT2D eigenvalue weighted by molar-refractivity contribution is 0.0939. The predicted octanol–water partition coefficient (Wildman–Crippen LogP) is 1.44. The summed E-state index contributed by atoms with van der Waals surface area (Å²) in [5, 5.41) is 11.6. The van der Waals surface area contributed by atoms with Crippen LogP contribution >= 0.6 is 11.8 Å². The van der Waals surface area contributed by atoms with Crippen LogP contribution in [0.2, 0.25) is 0 Å². The van der Waals surface area contributed by atoms with E-state index < -0.39 is 0 Å². The summed E-state index contributed by atoms with van der Waals surface area (Å²) in [4.78, 5) is 16.1. The maximum atomic E-state index is 12.0. The van der Waals surface area contributed by atoms with Gasteiger partial charge in [-0.15, -0.1) is 0 Å². The van der Waals surface area contributed by atoms with Gasteiger partial charge in [0.2, 0.25) is 0 Å². The molecule has 1 fully saturated rings. The largest absolute Gasteiger partial charge is 0.384 e. The number of aromatic nitrogens is 1. The fraction of sp³-hybridized carbons (Fsp3) is 0.467. The molecule has 0 unspecified atom stereocenters. The molecular weight excluding hydrogens is 272 g/mol. The summed E-state index contributed by atoms with van der Waals surface area (Å²) in [5.41, 5.74) is 1.09. The highest BCUT2D eigenvalue weighted by Gasteiger charge is 2.36. The molecule has 106 valence electrons. The molecule has 2 rings (SSSR count). The summed E-state index contributed by atoms with van der Waals surface area (Å²) in [7, 11) is 0. The van der Waals surface area contributed by atoms with Gasteiger partial charge in [-0.1, -0.05) is 18.3 Å². The first kappa shape index (κ1) is 14.9. The van der Waals surface area contributed by atoms with E-state index in [9.17, 15) is 4.79 Å². The Morgan fingerprint density at radius 1 is 1.55 bits per heavy atom. The Morgan fingerprint density at radius 3 is 2.85 bits per heavy atom. The molecule has 1 aromatic heterocycles. The van der Waals surface area contributed by atoms with E-state index in [1.165, 1.54) is 6.42 Å². The normalized spacial score (nSPS) is 15.7. The number of carbonyl (C=O) groups is 1. The van der Waals surface area contributed by atoms with E-state index in [1.54, 1.807) is 18.3 Å². The Hall–Kier alpha value is -1.51. The molecular formula is C15H18N2O2S. The summed E-state index contributed by atoms with van der Waals surface area (Å²) in [6, 6.07) is 3.39. The molecule has 0 aliphatic heterocycles. The van der Waals surface area contributed by atoms with Crippen molar-refractivity contribution in [3.63, 3.8) is 0 Å². The third kappa shape index (κ3) is 3.53. The zero-order valence-corrected chi connectivity index (χ0v) is 12.3. The molecule has 5 heteroatoms. The van der Waals surface area contributed by atoms with Crippen LogP contribution in [0, 0.1) is 11.8 Å². The molecule has 20 heavy (non-hydrogen) atoms. The van der Waals surface area contributed by atoms with E-state index in [1.807, 2.05) is 11.8 Å². The number of hydrogen-bond donors (Lipinski definition) is 2. The van der Waals surface area contributed by atoms with Crippen molar-refractivity contribution in [2.45, 2.75) is 24.0 Å². The Morgan fingerprint density at radius 2 is 2.35 bits per heavy atom. The standard InChI is InChI=1S/C15H18N2O2S/c1-20-15(7-3-8-15)11-17-14(19)13-6-5-12(10-16-13)4-2-9-18/h5-6,10,18H,3,7-9,11H2,1H3,(H,17,19). The first-order valence-electron chi connectivity index (χ1n) is 6.58. The van der Waals surface area contributed by atoms with Crippen molar-refractivity contribution in [2.24, 2.45) is 0 Å². The molecule has 1 aliphatic rings. The van der Waals surface area contributed by atoms with Crippen molar-refractivity contribution in [1.29, 1.82) is 0 Å². The number of nitrogens with zero attached hydrogens (tertiary/aromatic N) is 1. The predicted molar refractivity (Wildman–Crippen MR) is 80.6 cm³/mol. The second-order valence-electron chi connectivity index (χ2n) is 4.82. The van der Waals surface area contributed by atoms with Gasteiger partial charge < -0.3 is 10.4 Å². The molecule has 1 aromatic rings. The van der Waals surface area contributed by atoms with Gasteiger partial charge in [0, 0.05) is 23.1 Å². The second-order valence-corrected chi connectivity index (χ2v) is 6.09. The fourth-order valence-corrected chi connectivity index (χ4v) is 3.01. The summed E-state index contributed by atoms with van der Waals surface area (Å²) in [6.07, 6.45) is 7.21. The number of nitrogens with one attached hydrogen (secondary N) is 1. The summed E-state index contributed by atoms with van der Waals surface area (Å²) in [6.45, 7) is 0.514. The average Bonchev–Trinajstić information content (AvgIpc) is 2.45. The highest BCUT2D eigenvalue weighted by molar-refractivity contribution is 8.00. The minimum Gasteiger partial charge on any atom is -0.384 e. The number of rotatable bonds is 4. The van der Waals surface area contributed by atoms with Crippen LogP contribution in [-0.4, -0.2) is 40.2 Å². The molecule has 1 aliphatic carbocycles. The van der Waals surface area contributed by atoms with Gasteiger partial charge in [-0.05, 0) is 31.2 Å². The molecule has 1 amide bonds. The van der Waals surface area contributed by atoms with Crippen LogP contribution in [0.15, 0.2) is 18.3 Å². The Balaban J connectivity index is 1.92. The topological polar surface area (TPSA) is 62.2 Å². The van der Waals surface area contributed by atoms with Crippen LogP contribution in [0.5, 0.6) is 0 Å². The van der Waals surface area contributed by atoms with Crippen molar-refractivity contribution in [1.82, 2.24) is 10.3 Å². The third-order valence-corrected chi connectivity index (χ3v) is 5.00. The fourth-order valence-electron chi connectivity index (χ4n) is 2.10. The minimum atomic E-state index is -0.182. The maximum Gasteiger partial charge on any atom is 0.269 e. The highest BCUT2D eigenvalue weighted by atomic mass is 32.2. The summed E-state index contributed by atoms with van der Waals surface area (Å²) in [5.74, 6) is 5.14. The molecule has 0 atom stereocenters. The van der Waals surface area contributed by atoms with E-state index in [0.29, 0.717) is 17.8 Å². The lowest BCUT2D eigenvalue weighted by Crippen LogP contribution is -2.45. The monoisotopic (exact) mass is 290 g/mol. The number of hydrogen-bond acceptors (Lipinski definition) is 4. The number of aliphatic hydroxyl groups is 1. The lowest BCUT2D eigenvalue weighted by Gasteiger charge is -2.40. The Kier molecular flexibility index (Phi) is 5.05. The van der Waals surface area contributed by atoms with E-state index in [-0.39, 0.29) is 17.3 Å². The first-order valence-corrected chi connectivity index (χ1v) is 7.81. The summed E-state index contributed by atoms with van der Waals surface area (Å²) < 4.78 is 0.224. The smallest absolute Gasteiger partial charge is 0.269 e. The van der Waals surface area contributed by atoms with Gasteiger partial charge >= 0.3 is 0 Å². The number of aliphatic hydroxyl groups excluding tert-OH is 1. The molecule has 0 radical (unpaired) electrons. The molecule has 0 saturated heterocycles. The van der Waals surface area contributed by atoms with Crippen LogP contribution in [0.4, 0.5) is 0 Å². The van der Waals surface area contributed by atoms with Crippen molar-refractivity contribution < 1.29 is 9.90 Å². The van der Waals surface area contributed by atoms with Crippen LogP contribution < -0.4 is 5.32 Å². The van der Waals surface area contributed by atoms with E-state index in [2.05, 4.69) is 28.4 Å². The molecule has 2 N–H and O–H groups in total. The van der Waals surface area contributed by atoms with Crippen molar-refractivity contribution in [3.8, 4) is 11.8 Å².